The van der Waals surface area contributed by atoms with E-state index < -0.39 is 36.8 Å². The lowest BCUT2D eigenvalue weighted by molar-refractivity contribution is -0.315. The zero-order chi connectivity index (χ0) is 22.8. The van der Waals surface area contributed by atoms with Crippen molar-refractivity contribution >= 4 is 5.91 Å². The summed E-state index contributed by atoms with van der Waals surface area (Å²) in [7, 11) is 3.01. The number of carbonyl (C=O) groups excluding carboxylic acids is 1. The fraction of sp³-hybridized carbons (Fsp3) is 0.409. The number of carbonyl (C=O) groups is 1. The van der Waals surface area contributed by atoms with E-state index in [0.29, 0.717) is 11.3 Å². The number of methoxy groups -OCH3 is 1. The third-order valence-corrected chi connectivity index (χ3v) is 5.34. The van der Waals surface area contributed by atoms with Crippen LogP contribution in [0.4, 0.5) is 0 Å². The van der Waals surface area contributed by atoms with Gasteiger partial charge in [0.15, 0.2) is 17.1 Å². The molecule has 0 bridgehead atoms. The number of aliphatic hydroxyl groups is 4. The monoisotopic (exact) mass is 433 g/mol. The van der Waals surface area contributed by atoms with Crippen molar-refractivity contribution in [3.63, 3.8) is 0 Å². The molecule has 1 heterocycles. The Morgan fingerprint density at radius 3 is 2.52 bits per heavy atom. The highest BCUT2D eigenvalue weighted by Crippen LogP contribution is 2.37. The van der Waals surface area contributed by atoms with Crippen LogP contribution >= 0.6 is 0 Å². The molecule has 3 rings (SSSR count). The molecule has 1 aliphatic heterocycles. The molecular formula is C22H27NO8. The zero-order valence-corrected chi connectivity index (χ0v) is 17.5. The van der Waals surface area contributed by atoms with Crippen LogP contribution in [0.2, 0.25) is 0 Å². The van der Waals surface area contributed by atoms with Gasteiger partial charge in [-0.1, -0.05) is 18.2 Å². The lowest BCUT2D eigenvalue weighted by atomic mass is 9.88. The van der Waals surface area contributed by atoms with Gasteiger partial charge in [0, 0.05) is 12.6 Å². The fourth-order valence-electron chi connectivity index (χ4n) is 3.41. The molecular weight excluding hydrogens is 406 g/mol. The van der Waals surface area contributed by atoms with Crippen molar-refractivity contribution in [3.05, 3.63) is 48.0 Å². The normalized spacial score (nSPS) is 28.1. The number of ether oxygens (including phenoxy) is 3. The highest BCUT2D eigenvalue weighted by Gasteiger charge is 2.53. The molecule has 0 saturated carbocycles. The Labute approximate surface area is 179 Å². The van der Waals surface area contributed by atoms with E-state index in [2.05, 4.69) is 5.32 Å². The Morgan fingerprint density at radius 1 is 1.16 bits per heavy atom. The maximum atomic E-state index is 11.9. The van der Waals surface area contributed by atoms with Crippen molar-refractivity contribution in [2.45, 2.75) is 37.1 Å². The summed E-state index contributed by atoms with van der Waals surface area (Å²) in [5, 5.41) is 42.8. The Bertz CT molecular complexity index is 931. The van der Waals surface area contributed by atoms with Crippen LogP contribution in [0.5, 0.6) is 11.5 Å². The molecule has 0 radical (unpaired) electrons. The van der Waals surface area contributed by atoms with Crippen molar-refractivity contribution in [2.24, 2.45) is 0 Å². The Kier molecular flexibility index (Phi) is 6.83. The van der Waals surface area contributed by atoms with E-state index >= 15 is 0 Å². The second-order valence-electron chi connectivity index (χ2n) is 7.49. The molecule has 2 aromatic carbocycles. The van der Waals surface area contributed by atoms with Crippen molar-refractivity contribution in [3.8, 4) is 22.6 Å². The SMILES string of the molecule is CNC(=O)c1cccc(-c2ccc(O[C@H]3O[C@H](CO)[C@@H](O)[C@H](O)[C@@]3(C)O)c(OC)c2)c1. The topological polar surface area (TPSA) is 138 Å². The highest BCUT2D eigenvalue weighted by atomic mass is 16.7. The van der Waals surface area contributed by atoms with E-state index in [9.17, 15) is 25.2 Å². The van der Waals surface area contributed by atoms with E-state index in [0.717, 1.165) is 11.1 Å². The van der Waals surface area contributed by atoms with Gasteiger partial charge in [-0.3, -0.25) is 4.79 Å². The number of nitrogens with one attached hydrogen (secondary N) is 1. The van der Waals surface area contributed by atoms with Crippen LogP contribution in [0.1, 0.15) is 17.3 Å². The Hall–Kier alpha value is -2.69. The summed E-state index contributed by atoms with van der Waals surface area (Å²) < 4.78 is 16.7. The highest BCUT2D eigenvalue weighted by molar-refractivity contribution is 5.95. The molecule has 0 aliphatic carbocycles. The second-order valence-corrected chi connectivity index (χ2v) is 7.49. The maximum Gasteiger partial charge on any atom is 0.251 e. The number of amides is 1. The van der Waals surface area contributed by atoms with Gasteiger partial charge >= 0.3 is 0 Å². The first-order valence-electron chi connectivity index (χ1n) is 9.75. The largest absolute Gasteiger partial charge is 0.493 e. The van der Waals surface area contributed by atoms with Crippen molar-refractivity contribution < 1.29 is 39.4 Å². The number of rotatable bonds is 6. The molecule has 168 valence electrons. The van der Waals surface area contributed by atoms with Gasteiger partial charge in [0.05, 0.1) is 13.7 Å². The first-order chi connectivity index (χ1) is 14.7. The summed E-state index contributed by atoms with van der Waals surface area (Å²) in [6.07, 6.45) is -5.57. The molecule has 5 atom stereocenters. The van der Waals surface area contributed by atoms with E-state index in [1.54, 1.807) is 43.4 Å². The van der Waals surface area contributed by atoms with Crippen molar-refractivity contribution in [2.75, 3.05) is 20.8 Å². The van der Waals surface area contributed by atoms with Crippen molar-refractivity contribution in [1.29, 1.82) is 0 Å². The summed E-state index contributed by atoms with van der Waals surface area (Å²) in [4.78, 5) is 11.9. The Morgan fingerprint density at radius 2 is 1.87 bits per heavy atom. The Balaban J connectivity index is 1.89. The lowest BCUT2D eigenvalue weighted by Crippen LogP contribution is -2.66. The summed E-state index contributed by atoms with van der Waals surface area (Å²) in [6, 6.07) is 12.1. The van der Waals surface area contributed by atoms with Crippen LogP contribution < -0.4 is 14.8 Å². The summed E-state index contributed by atoms with van der Waals surface area (Å²) in [5.41, 5.74) is 0.102. The van der Waals surface area contributed by atoms with Crippen LogP contribution in [0.25, 0.3) is 11.1 Å². The third kappa shape index (κ3) is 4.51. The van der Waals surface area contributed by atoms with E-state index in [4.69, 9.17) is 14.2 Å². The van der Waals surface area contributed by atoms with Gasteiger partial charge in [-0.15, -0.1) is 0 Å². The van der Waals surface area contributed by atoms with E-state index in [-0.39, 0.29) is 11.7 Å². The summed E-state index contributed by atoms with van der Waals surface area (Å²) in [5.74, 6) is 0.340. The minimum absolute atomic E-state index is 0.204. The first kappa shape index (κ1) is 23.0. The van der Waals surface area contributed by atoms with Crippen LogP contribution in [-0.2, 0) is 4.74 Å². The van der Waals surface area contributed by atoms with Gasteiger partial charge in [-0.05, 0) is 42.3 Å². The predicted molar refractivity (Wildman–Crippen MR) is 111 cm³/mol. The molecule has 2 aromatic rings. The van der Waals surface area contributed by atoms with Gasteiger partial charge in [0.2, 0.25) is 6.29 Å². The lowest BCUT2D eigenvalue weighted by Gasteiger charge is -2.45. The minimum Gasteiger partial charge on any atom is -0.493 e. The van der Waals surface area contributed by atoms with Crippen molar-refractivity contribution in [1.82, 2.24) is 5.32 Å². The van der Waals surface area contributed by atoms with E-state index in [1.165, 1.54) is 14.0 Å². The summed E-state index contributed by atoms with van der Waals surface area (Å²) in [6.45, 7) is 0.705. The number of hydrogen-bond donors (Lipinski definition) is 5. The second kappa shape index (κ2) is 9.21. The molecule has 0 spiro atoms. The predicted octanol–water partition coefficient (Wildman–Crippen LogP) is 0.291. The van der Waals surface area contributed by atoms with Crippen LogP contribution in [0.3, 0.4) is 0 Å². The van der Waals surface area contributed by atoms with Gasteiger partial charge in [-0.25, -0.2) is 0 Å². The molecule has 0 unspecified atom stereocenters. The molecule has 9 heteroatoms. The molecule has 9 nitrogen and oxygen atoms in total. The first-order valence-corrected chi connectivity index (χ1v) is 9.75. The zero-order valence-electron chi connectivity index (χ0n) is 17.5. The standard InChI is InChI=1S/C22H27NO8/c1-22(28)19(26)18(25)17(11-24)31-21(22)30-15-8-7-13(10-16(15)29-3)12-5-4-6-14(9-12)20(27)23-2/h4-10,17-19,21,24-26,28H,11H2,1-3H3,(H,23,27)/t17-,18-,19+,21+,22-/m1/s1. The smallest absolute Gasteiger partial charge is 0.251 e. The average Bonchev–Trinajstić information content (AvgIpc) is 2.79. The molecule has 1 fully saturated rings. The molecule has 1 amide bonds. The molecule has 0 aromatic heterocycles. The number of hydrogen-bond acceptors (Lipinski definition) is 8. The van der Waals surface area contributed by atoms with Gasteiger partial charge in [0.25, 0.3) is 5.91 Å². The van der Waals surface area contributed by atoms with Crippen LogP contribution in [-0.4, -0.2) is 77.3 Å². The molecule has 1 aliphatic rings. The quantitative estimate of drug-likeness (QED) is 0.438. The van der Waals surface area contributed by atoms with E-state index in [1.807, 2.05) is 6.07 Å². The molecule has 31 heavy (non-hydrogen) atoms. The molecule has 5 N–H and O–H groups in total. The maximum absolute atomic E-state index is 11.9. The minimum atomic E-state index is -1.95. The summed E-state index contributed by atoms with van der Waals surface area (Å²) >= 11 is 0. The third-order valence-electron chi connectivity index (χ3n) is 5.34. The van der Waals surface area contributed by atoms with Crippen LogP contribution in [0, 0.1) is 0 Å². The molecule has 1 saturated heterocycles. The van der Waals surface area contributed by atoms with Crippen LogP contribution in [0.15, 0.2) is 42.5 Å². The average molecular weight is 433 g/mol. The number of benzene rings is 2. The van der Waals surface area contributed by atoms with Gasteiger partial charge in [-0.2, -0.15) is 0 Å². The number of aliphatic hydroxyl groups excluding tert-OH is 3. The van der Waals surface area contributed by atoms with Gasteiger partial charge in [0.1, 0.15) is 18.3 Å². The fourth-order valence-corrected chi connectivity index (χ4v) is 3.41. The van der Waals surface area contributed by atoms with Gasteiger partial charge < -0.3 is 40.0 Å².